The first-order valence-corrected chi connectivity index (χ1v) is 4.09. The number of rotatable bonds is 3. The molecule has 0 saturated carbocycles. The van der Waals surface area contributed by atoms with Crippen LogP contribution in [0.5, 0.6) is 0 Å². The Kier molecular flexibility index (Phi) is 3.45. The normalized spacial score (nSPS) is 9.93. The highest BCUT2D eigenvalue weighted by Crippen LogP contribution is 2.06. The lowest BCUT2D eigenvalue weighted by molar-refractivity contribution is -0.131. The molecule has 14 heavy (non-hydrogen) atoms. The average molecular weight is 187 g/mol. The monoisotopic (exact) mass is 187 g/mol. The molecule has 3 nitrogen and oxygen atoms in total. The van der Waals surface area contributed by atoms with Crippen molar-refractivity contribution in [2.45, 2.75) is 6.42 Å². The molecule has 0 bridgehead atoms. The molecule has 0 aromatic heterocycles. The predicted molar refractivity (Wildman–Crippen MR) is 52.4 cm³/mol. The van der Waals surface area contributed by atoms with Crippen LogP contribution in [0.1, 0.15) is 11.1 Å². The lowest BCUT2D eigenvalue weighted by Crippen LogP contribution is -1.86. The maximum Gasteiger partial charge on any atom is 0.328 e. The highest BCUT2D eigenvalue weighted by molar-refractivity contribution is 5.85. The summed E-state index contributed by atoms with van der Waals surface area (Å²) in [4.78, 5) is 10.2. The third-order valence-electron chi connectivity index (χ3n) is 1.68. The van der Waals surface area contributed by atoms with E-state index >= 15 is 0 Å². The molecule has 0 aliphatic carbocycles. The largest absolute Gasteiger partial charge is 0.478 e. The summed E-state index contributed by atoms with van der Waals surface area (Å²) < 4.78 is 0. The van der Waals surface area contributed by atoms with Crippen molar-refractivity contribution >= 4 is 12.0 Å². The van der Waals surface area contributed by atoms with Crippen LogP contribution in [0.25, 0.3) is 6.08 Å². The van der Waals surface area contributed by atoms with Gasteiger partial charge < -0.3 is 5.11 Å². The van der Waals surface area contributed by atoms with Crippen molar-refractivity contribution in [3.63, 3.8) is 0 Å². The lowest BCUT2D eigenvalue weighted by atomic mass is 10.1. The molecule has 0 amide bonds. The summed E-state index contributed by atoms with van der Waals surface area (Å²) in [5, 5.41) is 16.8. The molecule has 0 unspecified atom stereocenters. The number of nitriles is 1. The van der Waals surface area contributed by atoms with E-state index in [-0.39, 0.29) is 0 Å². The Balaban J connectivity index is 2.74. The zero-order valence-corrected chi connectivity index (χ0v) is 7.47. The predicted octanol–water partition coefficient (Wildman–Crippen LogP) is 1.85. The van der Waals surface area contributed by atoms with Crippen molar-refractivity contribution in [1.29, 1.82) is 5.26 Å². The second-order valence-corrected chi connectivity index (χ2v) is 2.75. The summed E-state index contributed by atoms with van der Waals surface area (Å²) in [5.74, 6) is -0.967. The topological polar surface area (TPSA) is 61.1 Å². The van der Waals surface area contributed by atoms with Crippen LogP contribution < -0.4 is 0 Å². The second-order valence-electron chi connectivity index (χ2n) is 2.75. The van der Waals surface area contributed by atoms with Crippen LogP contribution in [-0.2, 0) is 11.2 Å². The third-order valence-corrected chi connectivity index (χ3v) is 1.68. The molecular weight excluding hydrogens is 178 g/mol. The molecule has 1 aromatic rings. The van der Waals surface area contributed by atoms with E-state index in [1.807, 2.05) is 18.2 Å². The standard InChI is InChI=1S/C11H9NO2/c12-8-7-10-3-1-9(2-4-10)5-6-11(13)14/h1-6H,7H2,(H,13,14)/b6-5+. The van der Waals surface area contributed by atoms with Gasteiger partial charge in [-0.15, -0.1) is 0 Å². The van der Waals surface area contributed by atoms with E-state index in [0.29, 0.717) is 6.42 Å². The Labute approximate surface area is 81.9 Å². The van der Waals surface area contributed by atoms with Gasteiger partial charge in [0.25, 0.3) is 0 Å². The Morgan fingerprint density at radius 3 is 2.57 bits per heavy atom. The van der Waals surface area contributed by atoms with Crippen LogP contribution in [0, 0.1) is 11.3 Å². The smallest absolute Gasteiger partial charge is 0.328 e. The van der Waals surface area contributed by atoms with E-state index in [0.717, 1.165) is 17.2 Å². The van der Waals surface area contributed by atoms with E-state index in [1.54, 1.807) is 12.1 Å². The fraction of sp³-hybridized carbons (Fsp3) is 0.0909. The summed E-state index contributed by atoms with van der Waals surface area (Å²) in [6.45, 7) is 0. The molecule has 0 spiro atoms. The number of nitrogens with zero attached hydrogens (tertiary/aromatic N) is 1. The molecule has 1 rings (SSSR count). The SMILES string of the molecule is N#CCc1ccc(/C=C/C(=O)O)cc1. The molecule has 0 atom stereocenters. The highest BCUT2D eigenvalue weighted by atomic mass is 16.4. The molecule has 0 heterocycles. The van der Waals surface area contributed by atoms with Gasteiger partial charge >= 0.3 is 5.97 Å². The molecule has 0 aliphatic rings. The number of carbonyl (C=O) groups is 1. The number of carboxylic acids is 1. The average Bonchev–Trinajstić information content (AvgIpc) is 2.17. The van der Waals surface area contributed by atoms with Gasteiger partial charge in [-0.25, -0.2) is 4.79 Å². The number of carboxylic acid groups (broad SMARTS) is 1. The Morgan fingerprint density at radius 2 is 2.07 bits per heavy atom. The van der Waals surface area contributed by atoms with Gasteiger partial charge in [0.1, 0.15) is 0 Å². The maximum absolute atomic E-state index is 10.2. The number of benzene rings is 1. The van der Waals surface area contributed by atoms with Crippen LogP contribution in [0.4, 0.5) is 0 Å². The quantitative estimate of drug-likeness (QED) is 0.734. The minimum atomic E-state index is -0.967. The van der Waals surface area contributed by atoms with E-state index in [9.17, 15) is 4.79 Å². The zero-order chi connectivity index (χ0) is 10.4. The van der Waals surface area contributed by atoms with E-state index in [2.05, 4.69) is 0 Å². The minimum Gasteiger partial charge on any atom is -0.478 e. The maximum atomic E-state index is 10.2. The summed E-state index contributed by atoms with van der Waals surface area (Å²) in [7, 11) is 0. The van der Waals surface area contributed by atoms with Gasteiger partial charge in [0.2, 0.25) is 0 Å². The fourth-order valence-corrected chi connectivity index (χ4v) is 1.01. The van der Waals surface area contributed by atoms with Crippen LogP contribution in [0.2, 0.25) is 0 Å². The molecule has 3 heteroatoms. The van der Waals surface area contributed by atoms with Crippen LogP contribution in [0.3, 0.4) is 0 Å². The van der Waals surface area contributed by atoms with Crippen molar-refractivity contribution in [3.8, 4) is 6.07 Å². The summed E-state index contributed by atoms with van der Waals surface area (Å²) in [6, 6.07) is 9.23. The molecule has 0 radical (unpaired) electrons. The van der Waals surface area contributed by atoms with E-state index in [4.69, 9.17) is 10.4 Å². The lowest BCUT2D eigenvalue weighted by Gasteiger charge is -1.95. The van der Waals surface area contributed by atoms with Gasteiger partial charge in [0.05, 0.1) is 12.5 Å². The van der Waals surface area contributed by atoms with E-state index < -0.39 is 5.97 Å². The second kappa shape index (κ2) is 4.83. The van der Waals surface area contributed by atoms with Gasteiger partial charge in [0, 0.05) is 6.08 Å². The summed E-state index contributed by atoms with van der Waals surface area (Å²) in [6.07, 6.45) is 2.97. The first-order chi connectivity index (χ1) is 6.72. The van der Waals surface area contributed by atoms with Crippen molar-refractivity contribution in [2.24, 2.45) is 0 Å². The van der Waals surface area contributed by atoms with Gasteiger partial charge in [-0.2, -0.15) is 5.26 Å². The molecule has 70 valence electrons. The summed E-state index contributed by atoms with van der Waals surface area (Å²) in [5.41, 5.74) is 1.74. The van der Waals surface area contributed by atoms with E-state index in [1.165, 1.54) is 6.08 Å². The van der Waals surface area contributed by atoms with Gasteiger partial charge in [-0.3, -0.25) is 0 Å². The van der Waals surface area contributed by atoms with Crippen LogP contribution in [0.15, 0.2) is 30.3 Å². The Hall–Kier alpha value is -2.08. The molecule has 1 N–H and O–H groups in total. The minimum absolute atomic E-state index is 0.378. The van der Waals surface area contributed by atoms with Crippen molar-refractivity contribution < 1.29 is 9.90 Å². The summed E-state index contributed by atoms with van der Waals surface area (Å²) >= 11 is 0. The first kappa shape index (κ1) is 10.0. The number of hydrogen-bond donors (Lipinski definition) is 1. The van der Waals surface area contributed by atoms with Crippen molar-refractivity contribution in [3.05, 3.63) is 41.5 Å². The first-order valence-electron chi connectivity index (χ1n) is 4.09. The third kappa shape index (κ3) is 3.11. The van der Waals surface area contributed by atoms with Crippen molar-refractivity contribution in [1.82, 2.24) is 0 Å². The van der Waals surface area contributed by atoms with Gasteiger partial charge in [-0.05, 0) is 17.2 Å². The molecule has 1 aromatic carbocycles. The fourth-order valence-electron chi connectivity index (χ4n) is 1.01. The number of aliphatic carboxylic acids is 1. The zero-order valence-electron chi connectivity index (χ0n) is 7.47. The number of hydrogen-bond acceptors (Lipinski definition) is 2. The van der Waals surface area contributed by atoms with Crippen molar-refractivity contribution in [2.75, 3.05) is 0 Å². The molecular formula is C11H9NO2. The molecule has 0 fully saturated rings. The highest BCUT2D eigenvalue weighted by Gasteiger charge is 1.92. The van der Waals surface area contributed by atoms with Gasteiger partial charge in [-0.1, -0.05) is 24.3 Å². The Morgan fingerprint density at radius 1 is 1.43 bits per heavy atom. The molecule has 0 aliphatic heterocycles. The van der Waals surface area contributed by atoms with Crippen LogP contribution >= 0.6 is 0 Å². The van der Waals surface area contributed by atoms with Gasteiger partial charge in [0.15, 0.2) is 0 Å². The Bertz CT molecular complexity index is 385. The van der Waals surface area contributed by atoms with Crippen LogP contribution in [-0.4, -0.2) is 11.1 Å². The molecule has 0 saturated heterocycles.